The Morgan fingerprint density at radius 2 is 2.00 bits per heavy atom. The Morgan fingerprint density at radius 3 is 2.70 bits per heavy atom. The van der Waals surface area contributed by atoms with Crippen molar-refractivity contribution in [3.8, 4) is 0 Å². The van der Waals surface area contributed by atoms with Crippen LogP contribution in [0.25, 0.3) is 6.08 Å². The van der Waals surface area contributed by atoms with Crippen molar-refractivity contribution < 1.29 is 5.11 Å². The highest BCUT2D eigenvalue weighted by Gasteiger charge is 2.25. The quantitative estimate of drug-likeness (QED) is 0.798. The fourth-order valence-electron chi connectivity index (χ4n) is 3.17. The summed E-state index contributed by atoms with van der Waals surface area (Å²) in [5.41, 5.74) is 1.26. The summed E-state index contributed by atoms with van der Waals surface area (Å²) in [5, 5.41) is 9.37. The lowest BCUT2D eigenvalue weighted by Gasteiger charge is -2.41. The Balaban J connectivity index is 1.82. The zero-order valence-electron chi connectivity index (χ0n) is 14.7. The SMILES string of the molecule is CC(C)CCN1CCN(CC=Cc2ccccc2)CC1CCO. The second kappa shape index (κ2) is 9.86. The second-order valence-corrected chi connectivity index (χ2v) is 6.96. The van der Waals surface area contributed by atoms with Crippen molar-refractivity contribution in [2.45, 2.75) is 32.7 Å². The van der Waals surface area contributed by atoms with Crippen LogP contribution in [-0.2, 0) is 0 Å². The van der Waals surface area contributed by atoms with Crippen LogP contribution in [0.4, 0.5) is 0 Å². The van der Waals surface area contributed by atoms with E-state index in [2.05, 4.69) is 60.1 Å². The van der Waals surface area contributed by atoms with Crippen LogP contribution in [0, 0.1) is 5.92 Å². The Labute approximate surface area is 141 Å². The van der Waals surface area contributed by atoms with Crippen LogP contribution in [0.15, 0.2) is 36.4 Å². The van der Waals surface area contributed by atoms with Gasteiger partial charge >= 0.3 is 0 Å². The zero-order valence-corrected chi connectivity index (χ0v) is 14.7. The summed E-state index contributed by atoms with van der Waals surface area (Å²) in [6, 6.07) is 11.0. The summed E-state index contributed by atoms with van der Waals surface area (Å²) in [5.74, 6) is 0.747. The van der Waals surface area contributed by atoms with E-state index in [0.717, 1.165) is 45.1 Å². The normalized spacial score (nSPS) is 20.6. The maximum Gasteiger partial charge on any atom is 0.0446 e. The van der Waals surface area contributed by atoms with Gasteiger partial charge in [0, 0.05) is 38.8 Å². The van der Waals surface area contributed by atoms with Crippen LogP contribution in [0.1, 0.15) is 32.3 Å². The highest BCUT2D eigenvalue weighted by atomic mass is 16.3. The molecule has 0 radical (unpaired) electrons. The van der Waals surface area contributed by atoms with Gasteiger partial charge in [0.2, 0.25) is 0 Å². The molecule has 0 aromatic heterocycles. The molecule has 1 saturated heterocycles. The minimum atomic E-state index is 0.288. The number of piperazine rings is 1. The molecule has 1 aromatic rings. The lowest BCUT2D eigenvalue weighted by atomic mass is 10.1. The van der Waals surface area contributed by atoms with Crippen LogP contribution in [0.3, 0.4) is 0 Å². The van der Waals surface area contributed by atoms with E-state index in [1.165, 1.54) is 12.0 Å². The first kappa shape index (κ1) is 18.2. The van der Waals surface area contributed by atoms with Crippen molar-refractivity contribution in [1.29, 1.82) is 0 Å². The molecule has 0 aliphatic carbocycles. The third-order valence-corrected chi connectivity index (χ3v) is 4.62. The molecule has 0 saturated carbocycles. The molecule has 1 aromatic carbocycles. The van der Waals surface area contributed by atoms with E-state index in [-0.39, 0.29) is 6.61 Å². The molecule has 1 aliphatic heterocycles. The number of hydrogen-bond acceptors (Lipinski definition) is 3. The Bertz CT molecular complexity index is 458. The molecule has 1 N–H and O–H groups in total. The van der Waals surface area contributed by atoms with Gasteiger partial charge in [-0.15, -0.1) is 0 Å². The Morgan fingerprint density at radius 1 is 1.22 bits per heavy atom. The van der Waals surface area contributed by atoms with Crippen LogP contribution in [-0.4, -0.2) is 60.3 Å². The molecule has 1 atom stereocenters. The largest absolute Gasteiger partial charge is 0.396 e. The molecule has 1 unspecified atom stereocenters. The molecule has 0 spiro atoms. The average molecular weight is 316 g/mol. The van der Waals surface area contributed by atoms with Gasteiger partial charge in [0.05, 0.1) is 0 Å². The van der Waals surface area contributed by atoms with E-state index in [0.29, 0.717) is 6.04 Å². The van der Waals surface area contributed by atoms with Crippen molar-refractivity contribution in [2.75, 3.05) is 39.3 Å². The third kappa shape index (κ3) is 6.46. The molecule has 3 nitrogen and oxygen atoms in total. The van der Waals surface area contributed by atoms with Crippen LogP contribution in [0.5, 0.6) is 0 Å². The van der Waals surface area contributed by atoms with Crippen molar-refractivity contribution >= 4 is 6.08 Å². The fraction of sp³-hybridized carbons (Fsp3) is 0.600. The third-order valence-electron chi connectivity index (χ3n) is 4.62. The zero-order chi connectivity index (χ0) is 16.5. The first-order chi connectivity index (χ1) is 11.2. The number of benzene rings is 1. The predicted octanol–water partition coefficient (Wildman–Crippen LogP) is 3.11. The van der Waals surface area contributed by atoms with Gasteiger partial charge in [0.1, 0.15) is 0 Å². The number of rotatable bonds is 8. The van der Waals surface area contributed by atoms with Crippen LogP contribution < -0.4 is 0 Å². The Hall–Kier alpha value is -1.16. The summed E-state index contributed by atoms with van der Waals surface area (Å²) in [4.78, 5) is 5.08. The van der Waals surface area contributed by atoms with E-state index in [1.54, 1.807) is 0 Å². The summed E-state index contributed by atoms with van der Waals surface area (Å²) in [6.07, 6.45) is 6.59. The van der Waals surface area contributed by atoms with Gasteiger partial charge in [-0.05, 0) is 30.9 Å². The molecule has 1 fully saturated rings. The average Bonchev–Trinajstić information content (AvgIpc) is 2.55. The number of hydrogen-bond donors (Lipinski definition) is 1. The van der Waals surface area contributed by atoms with Gasteiger partial charge in [0.25, 0.3) is 0 Å². The second-order valence-electron chi connectivity index (χ2n) is 6.96. The molecular weight excluding hydrogens is 284 g/mol. The molecule has 3 heteroatoms. The summed E-state index contributed by atoms with van der Waals surface area (Å²) >= 11 is 0. The lowest BCUT2D eigenvalue weighted by molar-refractivity contribution is 0.0621. The number of aliphatic hydroxyl groups excluding tert-OH is 1. The predicted molar refractivity (Wildman–Crippen MR) is 98.4 cm³/mol. The van der Waals surface area contributed by atoms with Gasteiger partial charge in [-0.2, -0.15) is 0 Å². The van der Waals surface area contributed by atoms with E-state index >= 15 is 0 Å². The maximum atomic E-state index is 9.37. The molecular formula is C20H32N2O. The standard InChI is InChI=1S/C20H32N2O/c1-18(2)10-13-22-15-14-21(17-20(22)11-16-23)12-6-9-19-7-4-3-5-8-19/h3-9,18,20,23H,10-17H2,1-2H3. The lowest BCUT2D eigenvalue weighted by Crippen LogP contribution is -2.53. The first-order valence-electron chi connectivity index (χ1n) is 8.98. The maximum absolute atomic E-state index is 9.37. The molecule has 2 rings (SSSR count). The fourth-order valence-corrected chi connectivity index (χ4v) is 3.17. The van der Waals surface area contributed by atoms with Gasteiger partial charge < -0.3 is 5.11 Å². The van der Waals surface area contributed by atoms with Crippen LogP contribution >= 0.6 is 0 Å². The topological polar surface area (TPSA) is 26.7 Å². The van der Waals surface area contributed by atoms with Gasteiger partial charge in [-0.25, -0.2) is 0 Å². The van der Waals surface area contributed by atoms with E-state index in [9.17, 15) is 5.11 Å². The first-order valence-corrected chi connectivity index (χ1v) is 8.98. The van der Waals surface area contributed by atoms with E-state index in [4.69, 9.17) is 0 Å². The summed E-state index contributed by atoms with van der Waals surface area (Å²) < 4.78 is 0. The van der Waals surface area contributed by atoms with Crippen molar-refractivity contribution in [3.05, 3.63) is 42.0 Å². The molecule has 23 heavy (non-hydrogen) atoms. The highest BCUT2D eigenvalue weighted by molar-refractivity contribution is 5.48. The minimum Gasteiger partial charge on any atom is -0.396 e. The summed E-state index contributed by atoms with van der Waals surface area (Å²) in [6.45, 7) is 10.3. The van der Waals surface area contributed by atoms with Crippen molar-refractivity contribution in [1.82, 2.24) is 9.80 Å². The molecule has 0 bridgehead atoms. The highest BCUT2D eigenvalue weighted by Crippen LogP contribution is 2.15. The molecule has 1 heterocycles. The van der Waals surface area contributed by atoms with E-state index in [1.807, 2.05) is 6.07 Å². The monoisotopic (exact) mass is 316 g/mol. The molecule has 1 aliphatic rings. The van der Waals surface area contributed by atoms with Crippen LogP contribution in [0.2, 0.25) is 0 Å². The molecule has 128 valence electrons. The summed E-state index contributed by atoms with van der Waals surface area (Å²) in [7, 11) is 0. The van der Waals surface area contributed by atoms with Gasteiger partial charge in [-0.3, -0.25) is 9.80 Å². The van der Waals surface area contributed by atoms with Crippen molar-refractivity contribution in [3.63, 3.8) is 0 Å². The Kier molecular flexibility index (Phi) is 7.80. The number of nitrogens with zero attached hydrogens (tertiary/aromatic N) is 2. The van der Waals surface area contributed by atoms with Crippen molar-refractivity contribution in [2.24, 2.45) is 5.92 Å². The number of aliphatic hydroxyl groups is 1. The van der Waals surface area contributed by atoms with Gasteiger partial charge in [-0.1, -0.05) is 56.3 Å². The smallest absolute Gasteiger partial charge is 0.0446 e. The van der Waals surface area contributed by atoms with Gasteiger partial charge in [0.15, 0.2) is 0 Å². The van der Waals surface area contributed by atoms with E-state index < -0.39 is 0 Å². The minimum absolute atomic E-state index is 0.288. The molecule has 0 amide bonds.